The van der Waals surface area contributed by atoms with Crippen LogP contribution >= 0.6 is 11.6 Å². The third kappa shape index (κ3) is 3.78. The second-order valence-corrected chi connectivity index (χ2v) is 8.01. The van der Waals surface area contributed by atoms with Crippen LogP contribution in [0.3, 0.4) is 0 Å². The van der Waals surface area contributed by atoms with Crippen molar-refractivity contribution in [3.63, 3.8) is 0 Å². The van der Waals surface area contributed by atoms with Crippen molar-refractivity contribution in [1.82, 2.24) is 19.4 Å². The molecule has 3 heterocycles. The third-order valence-corrected chi connectivity index (χ3v) is 5.69. The molecule has 0 radical (unpaired) electrons. The first-order valence-corrected chi connectivity index (χ1v) is 10.6. The molecule has 0 unspecified atom stereocenters. The molecule has 0 bridgehead atoms. The number of amides is 2. The number of carbonyl (C=O) groups excluding carboxylic acids is 2. The van der Waals surface area contributed by atoms with E-state index in [0.29, 0.717) is 16.3 Å². The molecule has 0 spiro atoms. The number of imidazole rings is 1. The Morgan fingerprint density at radius 1 is 1.03 bits per heavy atom. The summed E-state index contributed by atoms with van der Waals surface area (Å²) in [5.41, 5.74) is 2.92. The Morgan fingerprint density at radius 3 is 2.72 bits per heavy atom. The first kappa shape index (κ1) is 20.1. The molecule has 1 aliphatic rings. The summed E-state index contributed by atoms with van der Waals surface area (Å²) in [6.45, 7) is 1.60. The van der Waals surface area contributed by atoms with E-state index in [4.69, 9.17) is 11.6 Å². The normalized spacial score (nSPS) is 13.8. The molecule has 7 nitrogen and oxygen atoms in total. The molecule has 2 aromatic heterocycles. The Morgan fingerprint density at radius 2 is 1.91 bits per heavy atom. The number of para-hydroxylation sites is 1. The SMILES string of the molecule is O=C1NC(=O)C(c2cn(CCCn3ccnc3)c3ccccc23)=C1Nc1cccc(Cl)c1. The minimum absolute atomic E-state index is 0.221. The second kappa shape index (κ2) is 8.36. The maximum Gasteiger partial charge on any atom is 0.275 e. The van der Waals surface area contributed by atoms with Crippen LogP contribution < -0.4 is 10.6 Å². The number of rotatable bonds is 7. The van der Waals surface area contributed by atoms with Crippen molar-refractivity contribution in [1.29, 1.82) is 0 Å². The number of benzene rings is 2. The van der Waals surface area contributed by atoms with E-state index in [9.17, 15) is 9.59 Å². The summed E-state index contributed by atoms with van der Waals surface area (Å²) < 4.78 is 4.16. The fourth-order valence-corrected chi connectivity index (χ4v) is 4.21. The van der Waals surface area contributed by atoms with Crippen molar-refractivity contribution in [3.05, 3.63) is 89.7 Å². The molecule has 8 heteroatoms. The van der Waals surface area contributed by atoms with E-state index in [0.717, 1.165) is 36.0 Å². The lowest BCUT2D eigenvalue weighted by atomic mass is 10.0. The summed E-state index contributed by atoms with van der Waals surface area (Å²) >= 11 is 6.08. The minimum Gasteiger partial charge on any atom is -0.350 e. The molecule has 0 saturated heterocycles. The predicted molar refractivity (Wildman–Crippen MR) is 124 cm³/mol. The number of fused-ring (bicyclic) bond motifs is 1. The van der Waals surface area contributed by atoms with Crippen LogP contribution in [0, 0.1) is 0 Å². The molecule has 2 amide bonds. The second-order valence-electron chi connectivity index (χ2n) is 7.58. The highest BCUT2D eigenvalue weighted by Crippen LogP contribution is 2.33. The van der Waals surface area contributed by atoms with Crippen LogP contribution in [0.2, 0.25) is 5.02 Å². The summed E-state index contributed by atoms with van der Waals surface area (Å²) in [6.07, 6.45) is 8.34. The summed E-state index contributed by atoms with van der Waals surface area (Å²) in [7, 11) is 0. The number of hydrogen-bond donors (Lipinski definition) is 2. The highest BCUT2D eigenvalue weighted by Gasteiger charge is 2.33. The Balaban J connectivity index is 1.53. The van der Waals surface area contributed by atoms with Crippen LogP contribution in [0.25, 0.3) is 16.5 Å². The lowest BCUT2D eigenvalue weighted by Gasteiger charge is -2.08. The molecule has 1 aliphatic heterocycles. The molecule has 0 saturated carbocycles. The summed E-state index contributed by atoms with van der Waals surface area (Å²) in [5, 5.41) is 6.96. The van der Waals surface area contributed by atoms with E-state index in [1.54, 1.807) is 36.8 Å². The lowest BCUT2D eigenvalue weighted by Crippen LogP contribution is -2.24. The van der Waals surface area contributed by atoms with Crippen molar-refractivity contribution in [2.45, 2.75) is 19.5 Å². The molecule has 2 N–H and O–H groups in total. The Bertz CT molecular complexity index is 1350. The molecule has 0 aliphatic carbocycles. The van der Waals surface area contributed by atoms with E-state index < -0.39 is 11.8 Å². The Labute approximate surface area is 189 Å². The van der Waals surface area contributed by atoms with Gasteiger partial charge < -0.3 is 14.5 Å². The van der Waals surface area contributed by atoms with Gasteiger partial charge in [0.25, 0.3) is 11.8 Å². The van der Waals surface area contributed by atoms with Gasteiger partial charge in [0, 0.05) is 58.9 Å². The average molecular weight is 446 g/mol. The van der Waals surface area contributed by atoms with Gasteiger partial charge in [0.1, 0.15) is 5.70 Å². The number of nitrogens with one attached hydrogen (secondary N) is 2. The van der Waals surface area contributed by atoms with E-state index in [1.807, 2.05) is 41.2 Å². The number of aromatic nitrogens is 3. The molecular formula is C24H20ClN5O2. The topological polar surface area (TPSA) is 81.0 Å². The van der Waals surface area contributed by atoms with Crippen LogP contribution in [-0.2, 0) is 22.7 Å². The van der Waals surface area contributed by atoms with Crippen LogP contribution in [0.15, 0.2) is 79.1 Å². The number of aryl methyl sites for hydroxylation is 2. The van der Waals surface area contributed by atoms with Crippen LogP contribution in [0.5, 0.6) is 0 Å². The van der Waals surface area contributed by atoms with Gasteiger partial charge in [-0.25, -0.2) is 4.98 Å². The number of carbonyl (C=O) groups is 2. The highest BCUT2D eigenvalue weighted by atomic mass is 35.5. The summed E-state index contributed by atoms with van der Waals surface area (Å²) in [6, 6.07) is 14.9. The number of hydrogen-bond acceptors (Lipinski definition) is 4. The van der Waals surface area contributed by atoms with Crippen molar-refractivity contribution in [2.75, 3.05) is 5.32 Å². The monoisotopic (exact) mass is 445 g/mol. The average Bonchev–Trinajstić information content (AvgIpc) is 3.48. The predicted octanol–water partition coefficient (Wildman–Crippen LogP) is 4.06. The van der Waals surface area contributed by atoms with Gasteiger partial charge in [-0.05, 0) is 30.7 Å². The van der Waals surface area contributed by atoms with Crippen molar-refractivity contribution in [3.8, 4) is 0 Å². The molecule has 4 aromatic rings. The summed E-state index contributed by atoms with van der Waals surface area (Å²) in [4.78, 5) is 29.5. The van der Waals surface area contributed by atoms with Gasteiger partial charge in [-0.3, -0.25) is 14.9 Å². The van der Waals surface area contributed by atoms with Gasteiger partial charge in [0.2, 0.25) is 0 Å². The van der Waals surface area contributed by atoms with Crippen molar-refractivity contribution in [2.24, 2.45) is 0 Å². The zero-order chi connectivity index (χ0) is 22.1. The number of nitrogens with zero attached hydrogens (tertiary/aromatic N) is 3. The lowest BCUT2D eigenvalue weighted by molar-refractivity contribution is -0.123. The fraction of sp³-hybridized carbons (Fsp3) is 0.125. The maximum atomic E-state index is 12.8. The largest absolute Gasteiger partial charge is 0.350 e. The molecule has 32 heavy (non-hydrogen) atoms. The molecule has 2 aromatic carbocycles. The van der Waals surface area contributed by atoms with Crippen molar-refractivity contribution < 1.29 is 9.59 Å². The van der Waals surface area contributed by atoms with E-state index in [-0.39, 0.29) is 5.70 Å². The molecule has 160 valence electrons. The fourth-order valence-electron chi connectivity index (χ4n) is 4.02. The summed E-state index contributed by atoms with van der Waals surface area (Å²) in [5.74, 6) is -0.872. The van der Waals surface area contributed by atoms with Crippen LogP contribution in [0.1, 0.15) is 12.0 Å². The van der Waals surface area contributed by atoms with Gasteiger partial charge in [0.15, 0.2) is 0 Å². The van der Waals surface area contributed by atoms with Crippen molar-refractivity contribution >= 4 is 45.6 Å². The standard InChI is InChI=1S/C24H20ClN5O2/c25-16-5-3-6-17(13-16)27-22-21(23(31)28-24(22)32)19-14-30(20-8-2-1-7-18(19)20)11-4-10-29-12-9-26-15-29/h1-3,5-9,12-15H,4,10-11H2,(H2,27,28,31,32). The van der Waals surface area contributed by atoms with E-state index >= 15 is 0 Å². The van der Waals surface area contributed by atoms with Gasteiger partial charge in [-0.1, -0.05) is 35.9 Å². The maximum absolute atomic E-state index is 12.8. The minimum atomic E-state index is -0.457. The molecule has 0 fully saturated rings. The van der Waals surface area contributed by atoms with Crippen LogP contribution in [0.4, 0.5) is 5.69 Å². The molecule has 5 rings (SSSR count). The molecule has 0 atom stereocenters. The van der Waals surface area contributed by atoms with Gasteiger partial charge >= 0.3 is 0 Å². The Kier molecular flexibility index (Phi) is 5.25. The van der Waals surface area contributed by atoms with Crippen LogP contribution in [-0.4, -0.2) is 25.9 Å². The highest BCUT2D eigenvalue weighted by molar-refractivity contribution is 6.38. The van der Waals surface area contributed by atoms with E-state index in [2.05, 4.69) is 20.2 Å². The number of anilines is 1. The third-order valence-electron chi connectivity index (χ3n) is 5.46. The van der Waals surface area contributed by atoms with Gasteiger partial charge in [-0.15, -0.1) is 0 Å². The van der Waals surface area contributed by atoms with E-state index in [1.165, 1.54) is 0 Å². The zero-order valence-electron chi connectivity index (χ0n) is 17.1. The quantitative estimate of drug-likeness (QED) is 0.420. The number of imide groups is 1. The number of halogens is 1. The smallest absolute Gasteiger partial charge is 0.275 e. The van der Waals surface area contributed by atoms with Gasteiger partial charge in [0.05, 0.1) is 11.9 Å². The first-order chi connectivity index (χ1) is 15.6. The molecular weight excluding hydrogens is 426 g/mol. The zero-order valence-corrected chi connectivity index (χ0v) is 17.8. The Hall–Kier alpha value is -3.84. The first-order valence-electron chi connectivity index (χ1n) is 10.3. The van der Waals surface area contributed by atoms with Gasteiger partial charge in [-0.2, -0.15) is 0 Å².